The summed E-state index contributed by atoms with van der Waals surface area (Å²) < 4.78 is 23.8. The summed E-state index contributed by atoms with van der Waals surface area (Å²) >= 11 is 0. The van der Waals surface area contributed by atoms with Crippen LogP contribution in [-0.4, -0.2) is 31.8 Å². The summed E-state index contributed by atoms with van der Waals surface area (Å²) in [5.74, 6) is -0.107. The SMILES string of the molecule is COC(=O)CCC/C=C\C[C@@H]1[C@@H](N)[C@H]2C[C@]1(c1ccc(F)cc1)CO2. The molecule has 25 heavy (non-hydrogen) atoms. The van der Waals surface area contributed by atoms with Crippen molar-refractivity contribution < 1.29 is 18.7 Å². The standard InChI is InChI=1S/C20H26FNO3/c1-24-18(23)7-5-3-2-4-6-16-19(22)17-12-20(16,13-25-17)14-8-10-15(21)11-9-14/h2,4,8-11,16-17,19H,3,5-7,12-13,22H2,1H3/b4-2-/t16-,17-,19-,20-/m1/s1. The molecule has 1 aliphatic heterocycles. The van der Waals surface area contributed by atoms with E-state index in [1.165, 1.54) is 19.2 Å². The van der Waals surface area contributed by atoms with E-state index in [0.29, 0.717) is 13.0 Å². The Balaban J connectivity index is 1.63. The number of allylic oxidation sites excluding steroid dienone is 2. The highest BCUT2D eigenvalue weighted by Crippen LogP contribution is 2.52. The number of hydrogen-bond donors (Lipinski definition) is 1. The lowest BCUT2D eigenvalue weighted by atomic mass is 9.71. The topological polar surface area (TPSA) is 61.5 Å². The summed E-state index contributed by atoms with van der Waals surface area (Å²) in [7, 11) is 1.41. The second kappa shape index (κ2) is 7.67. The fourth-order valence-electron chi connectivity index (χ4n) is 4.27. The average molecular weight is 347 g/mol. The number of ether oxygens (including phenoxy) is 2. The van der Waals surface area contributed by atoms with E-state index in [2.05, 4.69) is 16.9 Å². The predicted molar refractivity (Wildman–Crippen MR) is 93.5 cm³/mol. The van der Waals surface area contributed by atoms with Gasteiger partial charge in [0.05, 0.1) is 19.8 Å². The molecular weight excluding hydrogens is 321 g/mol. The van der Waals surface area contributed by atoms with E-state index in [1.54, 1.807) is 0 Å². The molecule has 1 aliphatic carbocycles. The molecule has 2 aliphatic rings. The van der Waals surface area contributed by atoms with Gasteiger partial charge in [-0.2, -0.15) is 0 Å². The number of esters is 1. The molecule has 4 nitrogen and oxygen atoms in total. The molecule has 0 amide bonds. The van der Waals surface area contributed by atoms with Gasteiger partial charge in [-0.3, -0.25) is 4.79 Å². The number of hydrogen-bond acceptors (Lipinski definition) is 4. The van der Waals surface area contributed by atoms with Gasteiger partial charge in [-0.1, -0.05) is 24.3 Å². The molecular formula is C20H26FNO3. The fraction of sp³-hybridized carbons (Fsp3) is 0.550. The van der Waals surface area contributed by atoms with Crippen molar-refractivity contribution in [3.05, 3.63) is 47.8 Å². The van der Waals surface area contributed by atoms with Crippen molar-refractivity contribution in [1.82, 2.24) is 0 Å². The second-order valence-electron chi connectivity index (χ2n) is 7.08. The van der Waals surface area contributed by atoms with Crippen LogP contribution in [0.4, 0.5) is 4.39 Å². The number of rotatable bonds is 7. The maximum atomic E-state index is 13.3. The molecule has 2 bridgehead atoms. The average Bonchev–Trinajstić information content (AvgIpc) is 3.17. The van der Waals surface area contributed by atoms with E-state index >= 15 is 0 Å². The molecule has 3 rings (SSSR count). The Bertz CT molecular complexity index is 630. The number of fused-ring (bicyclic) bond motifs is 2. The second-order valence-corrected chi connectivity index (χ2v) is 7.08. The molecule has 5 heteroatoms. The molecule has 136 valence electrons. The Hall–Kier alpha value is -1.72. The van der Waals surface area contributed by atoms with Crippen LogP contribution in [0.5, 0.6) is 0 Å². The molecule has 0 unspecified atom stereocenters. The highest BCUT2D eigenvalue weighted by molar-refractivity contribution is 5.69. The largest absolute Gasteiger partial charge is 0.469 e. The predicted octanol–water partition coefficient (Wildman–Crippen LogP) is 3.10. The van der Waals surface area contributed by atoms with E-state index in [9.17, 15) is 9.18 Å². The van der Waals surface area contributed by atoms with E-state index in [-0.39, 0.29) is 35.3 Å². The summed E-state index contributed by atoms with van der Waals surface area (Å²) in [6, 6.07) is 6.76. The van der Waals surface area contributed by atoms with Gasteiger partial charge in [0, 0.05) is 17.9 Å². The van der Waals surface area contributed by atoms with Crippen LogP contribution in [0.25, 0.3) is 0 Å². The molecule has 2 N–H and O–H groups in total. The van der Waals surface area contributed by atoms with Crippen molar-refractivity contribution in [2.45, 2.75) is 49.7 Å². The van der Waals surface area contributed by atoms with Gasteiger partial charge in [0.25, 0.3) is 0 Å². The molecule has 1 aromatic carbocycles. The molecule has 0 aromatic heterocycles. The lowest BCUT2D eigenvalue weighted by Gasteiger charge is -2.37. The zero-order valence-electron chi connectivity index (χ0n) is 14.6. The van der Waals surface area contributed by atoms with Gasteiger partial charge in [-0.15, -0.1) is 0 Å². The first kappa shape index (κ1) is 18.1. The Labute approximate surface area is 148 Å². The smallest absolute Gasteiger partial charge is 0.305 e. The van der Waals surface area contributed by atoms with Gasteiger partial charge >= 0.3 is 5.97 Å². The quantitative estimate of drug-likeness (QED) is 0.468. The molecule has 1 saturated heterocycles. The third-order valence-corrected chi connectivity index (χ3v) is 5.68. The number of methoxy groups -OCH3 is 1. The minimum atomic E-state index is -0.222. The lowest BCUT2D eigenvalue weighted by molar-refractivity contribution is -0.140. The highest BCUT2D eigenvalue weighted by Gasteiger charge is 2.57. The van der Waals surface area contributed by atoms with Gasteiger partial charge in [0.15, 0.2) is 0 Å². The molecule has 1 heterocycles. The monoisotopic (exact) mass is 347 g/mol. The van der Waals surface area contributed by atoms with Crippen LogP contribution in [-0.2, 0) is 19.7 Å². The lowest BCUT2D eigenvalue weighted by Crippen LogP contribution is -2.46. The van der Waals surface area contributed by atoms with Crippen LogP contribution < -0.4 is 5.73 Å². The summed E-state index contributed by atoms with van der Waals surface area (Å²) in [5.41, 5.74) is 7.42. The van der Waals surface area contributed by atoms with Gasteiger partial charge in [-0.25, -0.2) is 4.39 Å². The van der Waals surface area contributed by atoms with Crippen molar-refractivity contribution in [1.29, 1.82) is 0 Å². The third-order valence-electron chi connectivity index (χ3n) is 5.68. The van der Waals surface area contributed by atoms with Crippen LogP contribution in [0.3, 0.4) is 0 Å². The number of nitrogens with two attached hydrogens (primary N) is 1. The Kier molecular flexibility index (Phi) is 5.54. The molecule has 2 fully saturated rings. The molecule has 0 spiro atoms. The van der Waals surface area contributed by atoms with Crippen LogP contribution in [0, 0.1) is 11.7 Å². The normalized spacial score (nSPS) is 30.9. The van der Waals surface area contributed by atoms with Crippen molar-refractivity contribution in [3.63, 3.8) is 0 Å². The maximum Gasteiger partial charge on any atom is 0.305 e. The van der Waals surface area contributed by atoms with Crippen molar-refractivity contribution >= 4 is 5.97 Å². The van der Waals surface area contributed by atoms with Crippen LogP contribution >= 0.6 is 0 Å². The van der Waals surface area contributed by atoms with Gasteiger partial charge in [0.1, 0.15) is 5.82 Å². The molecule has 1 aromatic rings. The first-order valence-electron chi connectivity index (χ1n) is 8.92. The number of benzene rings is 1. The molecule has 4 atom stereocenters. The summed E-state index contributed by atoms with van der Waals surface area (Å²) in [4.78, 5) is 11.1. The fourth-order valence-corrected chi connectivity index (χ4v) is 4.27. The van der Waals surface area contributed by atoms with Gasteiger partial charge in [0.2, 0.25) is 0 Å². The maximum absolute atomic E-state index is 13.3. The number of carbonyl (C=O) groups is 1. The summed E-state index contributed by atoms with van der Waals surface area (Å²) in [6.45, 7) is 0.651. The Morgan fingerprint density at radius 3 is 2.88 bits per heavy atom. The van der Waals surface area contributed by atoms with Crippen LogP contribution in [0.1, 0.15) is 37.7 Å². The highest BCUT2D eigenvalue weighted by atomic mass is 19.1. The zero-order chi connectivity index (χ0) is 17.9. The minimum Gasteiger partial charge on any atom is -0.469 e. The van der Waals surface area contributed by atoms with E-state index in [4.69, 9.17) is 10.5 Å². The van der Waals surface area contributed by atoms with Crippen molar-refractivity contribution in [3.8, 4) is 0 Å². The van der Waals surface area contributed by atoms with Gasteiger partial charge < -0.3 is 15.2 Å². The van der Waals surface area contributed by atoms with E-state index in [1.807, 2.05) is 12.1 Å². The third kappa shape index (κ3) is 3.62. The Morgan fingerprint density at radius 2 is 2.16 bits per heavy atom. The van der Waals surface area contributed by atoms with E-state index < -0.39 is 0 Å². The van der Waals surface area contributed by atoms with Crippen LogP contribution in [0.15, 0.2) is 36.4 Å². The van der Waals surface area contributed by atoms with E-state index in [0.717, 1.165) is 31.2 Å². The molecule has 0 radical (unpaired) electrons. The number of halogens is 1. The summed E-state index contributed by atoms with van der Waals surface area (Å²) in [5, 5.41) is 0. The minimum absolute atomic E-state index is 0.00137. The van der Waals surface area contributed by atoms with Crippen LogP contribution in [0.2, 0.25) is 0 Å². The first-order valence-corrected chi connectivity index (χ1v) is 8.92. The van der Waals surface area contributed by atoms with Gasteiger partial charge in [-0.05, 0) is 49.3 Å². The van der Waals surface area contributed by atoms with Crippen molar-refractivity contribution in [2.24, 2.45) is 11.7 Å². The van der Waals surface area contributed by atoms with Crippen molar-refractivity contribution in [2.75, 3.05) is 13.7 Å². The number of carbonyl (C=O) groups excluding carboxylic acids is 1. The summed E-state index contributed by atoms with van der Waals surface area (Å²) in [6.07, 6.45) is 8.21. The Morgan fingerprint density at radius 1 is 1.40 bits per heavy atom. The molecule has 1 saturated carbocycles. The zero-order valence-corrected chi connectivity index (χ0v) is 14.6. The number of unbranched alkanes of at least 4 members (excludes halogenated alkanes) is 1. The first-order chi connectivity index (χ1) is 12.1.